The Bertz CT molecular complexity index is 1120. The second kappa shape index (κ2) is 10.5. The molecule has 2 N–H and O–H groups in total. The fourth-order valence-corrected chi connectivity index (χ4v) is 5.79. The van der Waals surface area contributed by atoms with E-state index in [2.05, 4.69) is 44.5 Å². The van der Waals surface area contributed by atoms with E-state index in [0.29, 0.717) is 30.4 Å². The molecule has 1 aromatic carbocycles. The van der Waals surface area contributed by atoms with E-state index in [4.69, 9.17) is 0 Å². The summed E-state index contributed by atoms with van der Waals surface area (Å²) in [4.78, 5) is 39.8. The van der Waals surface area contributed by atoms with Crippen LogP contribution in [0.2, 0.25) is 0 Å². The van der Waals surface area contributed by atoms with Crippen molar-refractivity contribution in [2.45, 2.75) is 64.3 Å². The molecule has 36 heavy (non-hydrogen) atoms. The van der Waals surface area contributed by atoms with Gasteiger partial charge in [0, 0.05) is 64.3 Å². The molecule has 0 saturated carbocycles. The van der Waals surface area contributed by atoms with Crippen LogP contribution in [-0.4, -0.2) is 92.5 Å². The van der Waals surface area contributed by atoms with Gasteiger partial charge in [-0.15, -0.1) is 0 Å². The minimum absolute atomic E-state index is 0.0487. The molecule has 2 saturated heterocycles. The minimum Gasteiger partial charge on any atom is -0.390 e. The van der Waals surface area contributed by atoms with E-state index in [1.165, 1.54) is 11.1 Å². The number of hydrogen-bond acceptors (Lipinski definition) is 7. The van der Waals surface area contributed by atoms with E-state index in [0.717, 1.165) is 51.9 Å². The number of fused-ring (bicyclic) bond motifs is 1. The summed E-state index contributed by atoms with van der Waals surface area (Å²) in [6.07, 6.45) is 2.81. The van der Waals surface area contributed by atoms with Crippen LogP contribution in [0, 0.1) is 6.92 Å². The zero-order valence-electron chi connectivity index (χ0n) is 21.2. The Balaban J connectivity index is 1.20. The highest BCUT2D eigenvalue weighted by atomic mass is 16.3. The summed E-state index contributed by atoms with van der Waals surface area (Å²) in [5.74, 6) is 1.10. The molecule has 2 aromatic rings. The lowest BCUT2D eigenvalue weighted by atomic mass is 9.94. The van der Waals surface area contributed by atoms with Gasteiger partial charge in [0.2, 0.25) is 5.91 Å². The van der Waals surface area contributed by atoms with E-state index >= 15 is 0 Å². The molecule has 0 spiro atoms. The maximum Gasteiger partial charge on any atom is 0.272 e. The number of benzene rings is 1. The summed E-state index contributed by atoms with van der Waals surface area (Å²) in [7, 11) is 0. The van der Waals surface area contributed by atoms with Crippen LogP contribution in [0.5, 0.6) is 0 Å². The smallest absolute Gasteiger partial charge is 0.272 e. The molecule has 2 atom stereocenters. The van der Waals surface area contributed by atoms with Crippen LogP contribution in [0.4, 0.5) is 5.82 Å². The lowest BCUT2D eigenvalue weighted by molar-refractivity contribution is -0.129. The summed E-state index contributed by atoms with van der Waals surface area (Å²) in [6.45, 7) is 7.50. The van der Waals surface area contributed by atoms with Gasteiger partial charge in [0.05, 0.1) is 6.10 Å². The summed E-state index contributed by atoms with van der Waals surface area (Å²) < 4.78 is 0. The lowest BCUT2D eigenvalue weighted by Crippen LogP contribution is -2.56. The molecule has 4 heterocycles. The normalized spacial score (nSPS) is 23.3. The fraction of sp³-hybridized carbons (Fsp3) is 0.556. The van der Waals surface area contributed by atoms with Gasteiger partial charge in [0.15, 0.2) is 0 Å². The topological polar surface area (TPSA) is 102 Å². The van der Waals surface area contributed by atoms with Crippen LogP contribution >= 0.6 is 0 Å². The van der Waals surface area contributed by atoms with Gasteiger partial charge in [-0.25, -0.2) is 9.97 Å². The summed E-state index contributed by atoms with van der Waals surface area (Å²) in [5, 5.41) is 14.4. The number of rotatable bonds is 4. The summed E-state index contributed by atoms with van der Waals surface area (Å²) in [5.41, 5.74) is 3.07. The third-order valence-corrected chi connectivity index (χ3v) is 7.81. The molecule has 0 unspecified atom stereocenters. The quantitative estimate of drug-likeness (QED) is 0.672. The van der Waals surface area contributed by atoms with Crippen molar-refractivity contribution >= 4 is 17.6 Å². The maximum atomic E-state index is 13.3. The van der Waals surface area contributed by atoms with Gasteiger partial charge in [-0.1, -0.05) is 24.3 Å². The predicted octanol–water partition coefficient (Wildman–Crippen LogP) is 1.84. The largest absolute Gasteiger partial charge is 0.390 e. The number of piperidine rings is 2. The molecule has 9 nitrogen and oxygen atoms in total. The number of anilines is 1. The highest BCUT2D eigenvalue weighted by molar-refractivity contribution is 5.93. The Morgan fingerprint density at radius 2 is 1.72 bits per heavy atom. The molecule has 5 rings (SSSR count). The molecule has 192 valence electrons. The third-order valence-electron chi connectivity index (χ3n) is 7.81. The Kier molecular flexibility index (Phi) is 7.20. The van der Waals surface area contributed by atoms with Crippen molar-refractivity contribution in [1.29, 1.82) is 0 Å². The van der Waals surface area contributed by atoms with Crippen molar-refractivity contribution in [3.05, 3.63) is 53.0 Å². The second-order valence-corrected chi connectivity index (χ2v) is 10.3. The zero-order valence-corrected chi connectivity index (χ0v) is 21.2. The van der Waals surface area contributed by atoms with Gasteiger partial charge in [0.1, 0.15) is 17.3 Å². The Morgan fingerprint density at radius 3 is 2.44 bits per heavy atom. The summed E-state index contributed by atoms with van der Waals surface area (Å²) >= 11 is 0. The first kappa shape index (κ1) is 24.6. The first-order valence-electron chi connectivity index (χ1n) is 13.0. The Hall–Kier alpha value is -3.04. The SMILES string of the molecule is CC(=O)N1CCC(Nc2cc(C(=O)N3CC[C@@H](N4CCc5ccccc5C4)[C@H](O)C3)nc(C)n2)CC1. The highest BCUT2D eigenvalue weighted by Gasteiger charge is 2.36. The molecular weight excluding hydrogens is 456 g/mol. The number of carbonyl (C=O) groups is 2. The van der Waals surface area contributed by atoms with Crippen molar-refractivity contribution in [1.82, 2.24) is 24.7 Å². The number of amides is 2. The molecular formula is C27H36N6O3. The molecule has 3 aliphatic rings. The highest BCUT2D eigenvalue weighted by Crippen LogP contribution is 2.26. The summed E-state index contributed by atoms with van der Waals surface area (Å²) in [6, 6.07) is 10.5. The second-order valence-electron chi connectivity index (χ2n) is 10.3. The van der Waals surface area contributed by atoms with Crippen molar-refractivity contribution in [3.63, 3.8) is 0 Å². The fourth-order valence-electron chi connectivity index (χ4n) is 5.79. The zero-order chi connectivity index (χ0) is 25.2. The average Bonchev–Trinajstić information content (AvgIpc) is 2.88. The van der Waals surface area contributed by atoms with Crippen LogP contribution < -0.4 is 5.32 Å². The van der Waals surface area contributed by atoms with E-state index in [9.17, 15) is 14.7 Å². The Morgan fingerprint density at radius 1 is 1.00 bits per heavy atom. The van der Waals surface area contributed by atoms with E-state index < -0.39 is 6.10 Å². The number of aryl methyl sites for hydroxylation is 1. The van der Waals surface area contributed by atoms with Crippen molar-refractivity contribution < 1.29 is 14.7 Å². The van der Waals surface area contributed by atoms with Crippen LogP contribution in [0.15, 0.2) is 30.3 Å². The van der Waals surface area contributed by atoms with E-state index in [1.807, 2.05) is 4.90 Å². The minimum atomic E-state index is -0.597. The Labute approximate surface area is 212 Å². The van der Waals surface area contributed by atoms with Gasteiger partial charge in [-0.05, 0) is 43.7 Å². The molecule has 0 aliphatic carbocycles. The van der Waals surface area contributed by atoms with Crippen LogP contribution in [0.25, 0.3) is 0 Å². The number of hydrogen-bond donors (Lipinski definition) is 2. The molecule has 2 fully saturated rings. The number of aromatic nitrogens is 2. The maximum absolute atomic E-state index is 13.3. The van der Waals surface area contributed by atoms with Gasteiger partial charge >= 0.3 is 0 Å². The van der Waals surface area contributed by atoms with Crippen molar-refractivity contribution in [3.8, 4) is 0 Å². The van der Waals surface area contributed by atoms with E-state index in [-0.39, 0.29) is 23.9 Å². The number of carbonyl (C=O) groups excluding carboxylic acids is 2. The number of aliphatic hydroxyl groups excluding tert-OH is 1. The standard InChI is InChI=1S/C27H36N6O3/c1-18-28-23(15-26(29-18)30-22-8-12-31(13-9-22)19(2)34)27(36)33-14-10-24(25(35)17-33)32-11-7-20-5-3-4-6-21(20)16-32/h3-6,15,22,24-25,35H,7-14,16-17H2,1-2H3,(H,28,29,30)/t24-,25-/m1/s1. The van der Waals surface area contributed by atoms with Gasteiger partial charge in [0.25, 0.3) is 5.91 Å². The van der Waals surface area contributed by atoms with Crippen molar-refractivity contribution in [2.75, 3.05) is 38.0 Å². The third kappa shape index (κ3) is 5.37. The first-order valence-corrected chi connectivity index (χ1v) is 13.0. The predicted molar refractivity (Wildman–Crippen MR) is 137 cm³/mol. The van der Waals surface area contributed by atoms with Crippen LogP contribution in [0.1, 0.15) is 53.6 Å². The van der Waals surface area contributed by atoms with Gasteiger partial charge in [-0.2, -0.15) is 0 Å². The molecule has 9 heteroatoms. The monoisotopic (exact) mass is 492 g/mol. The number of nitrogens with zero attached hydrogens (tertiary/aromatic N) is 5. The van der Waals surface area contributed by atoms with Gasteiger partial charge in [-0.3, -0.25) is 14.5 Å². The molecule has 1 aromatic heterocycles. The number of aliphatic hydroxyl groups is 1. The lowest BCUT2D eigenvalue weighted by Gasteiger charge is -2.43. The number of β-amino-alcohol motifs (C(OH)–C–C–N with tert-alkyl or cyclic N) is 1. The molecule has 2 amide bonds. The van der Waals surface area contributed by atoms with Crippen LogP contribution in [-0.2, 0) is 17.8 Å². The molecule has 0 bridgehead atoms. The average molecular weight is 493 g/mol. The number of likely N-dealkylation sites (tertiary alicyclic amines) is 2. The first-order chi connectivity index (χ1) is 17.4. The molecule has 0 radical (unpaired) electrons. The van der Waals surface area contributed by atoms with Crippen molar-refractivity contribution in [2.24, 2.45) is 0 Å². The molecule has 3 aliphatic heterocycles. The van der Waals surface area contributed by atoms with E-state index in [1.54, 1.807) is 24.8 Å². The van der Waals surface area contributed by atoms with Crippen LogP contribution in [0.3, 0.4) is 0 Å². The van der Waals surface area contributed by atoms with Gasteiger partial charge < -0.3 is 20.2 Å². The number of nitrogens with one attached hydrogen (secondary N) is 1.